The van der Waals surface area contributed by atoms with E-state index < -0.39 is 5.92 Å². The van der Waals surface area contributed by atoms with Crippen molar-refractivity contribution < 1.29 is 13.6 Å². The SMILES string of the molecule is CSNc1ccc(-c2ccc(C(C)(F)F)cc2)c2ccc(C(=O)NC(C)C)cc12. The van der Waals surface area contributed by atoms with E-state index in [0.29, 0.717) is 5.56 Å². The maximum absolute atomic E-state index is 13.5. The van der Waals surface area contributed by atoms with Crippen molar-refractivity contribution in [2.45, 2.75) is 32.7 Å². The summed E-state index contributed by atoms with van der Waals surface area (Å²) < 4.78 is 30.3. The van der Waals surface area contributed by atoms with Crippen molar-refractivity contribution >= 4 is 34.3 Å². The van der Waals surface area contributed by atoms with Crippen molar-refractivity contribution in [2.24, 2.45) is 0 Å². The van der Waals surface area contributed by atoms with Gasteiger partial charge in [0.1, 0.15) is 0 Å². The normalized spacial score (nSPS) is 11.7. The molecule has 0 fully saturated rings. The van der Waals surface area contributed by atoms with Crippen molar-refractivity contribution in [1.82, 2.24) is 5.32 Å². The summed E-state index contributed by atoms with van der Waals surface area (Å²) in [4.78, 5) is 12.4. The summed E-state index contributed by atoms with van der Waals surface area (Å²) in [6.07, 6.45) is 1.93. The lowest BCUT2D eigenvalue weighted by Crippen LogP contribution is -2.29. The summed E-state index contributed by atoms with van der Waals surface area (Å²) in [7, 11) is 0. The van der Waals surface area contributed by atoms with Crippen LogP contribution in [-0.4, -0.2) is 18.2 Å². The van der Waals surface area contributed by atoms with Crippen LogP contribution < -0.4 is 10.0 Å². The van der Waals surface area contributed by atoms with Crippen LogP contribution in [0.2, 0.25) is 0 Å². The second kappa shape index (κ2) is 8.41. The first-order valence-electron chi connectivity index (χ1n) is 9.36. The fraction of sp³-hybridized carbons (Fsp3) is 0.261. The highest BCUT2D eigenvalue weighted by molar-refractivity contribution is 7.99. The van der Waals surface area contributed by atoms with Crippen molar-refractivity contribution in [2.75, 3.05) is 11.0 Å². The van der Waals surface area contributed by atoms with Crippen molar-refractivity contribution in [3.63, 3.8) is 0 Å². The zero-order valence-corrected chi connectivity index (χ0v) is 17.7. The van der Waals surface area contributed by atoms with Gasteiger partial charge in [-0.1, -0.05) is 48.3 Å². The maximum atomic E-state index is 13.5. The third-order valence-corrected chi connectivity index (χ3v) is 5.04. The largest absolute Gasteiger partial charge is 0.350 e. The molecule has 3 nitrogen and oxygen atoms in total. The van der Waals surface area contributed by atoms with Gasteiger partial charge in [0.15, 0.2) is 0 Å². The van der Waals surface area contributed by atoms with E-state index in [4.69, 9.17) is 0 Å². The molecule has 0 saturated heterocycles. The fourth-order valence-electron chi connectivity index (χ4n) is 3.23. The Bertz CT molecular complexity index is 1030. The Hall–Kier alpha value is -2.60. The molecule has 0 radical (unpaired) electrons. The highest BCUT2D eigenvalue weighted by atomic mass is 32.2. The zero-order valence-electron chi connectivity index (χ0n) is 16.8. The monoisotopic (exact) mass is 414 g/mol. The molecule has 0 spiro atoms. The minimum absolute atomic E-state index is 0.0149. The molecule has 0 aliphatic carbocycles. The number of benzene rings is 3. The molecule has 0 aliphatic rings. The van der Waals surface area contributed by atoms with E-state index in [0.717, 1.165) is 34.5 Å². The number of nitrogens with one attached hydrogen (secondary N) is 2. The van der Waals surface area contributed by atoms with Crippen molar-refractivity contribution in [3.05, 3.63) is 65.7 Å². The lowest BCUT2D eigenvalue weighted by Gasteiger charge is -2.15. The molecule has 0 unspecified atom stereocenters. The van der Waals surface area contributed by atoms with Gasteiger partial charge in [-0.05, 0) is 48.6 Å². The van der Waals surface area contributed by atoms with Gasteiger partial charge in [-0.3, -0.25) is 4.79 Å². The number of hydrogen-bond acceptors (Lipinski definition) is 3. The van der Waals surface area contributed by atoms with E-state index in [1.807, 2.05) is 44.4 Å². The Labute approximate surface area is 174 Å². The predicted octanol–water partition coefficient (Wildman–Crippen LogP) is 6.45. The number of hydrogen-bond donors (Lipinski definition) is 2. The van der Waals surface area contributed by atoms with Crippen LogP contribution in [0.1, 0.15) is 36.7 Å². The molecule has 3 aromatic carbocycles. The van der Waals surface area contributed by atoms with Crippen LogP contribution in [0.15, 0.2) is 54.6 Å². The molecule has 0 heterocycles. The third-order valence-electron chi connectivity index (χ3n) is 4.61. The van der Waals surface area contributed by atoms with E-state index in [1.54, 1.807) is 18.2 Å². The maximum Gasteiger partial charge on any atom is 0.270 e. The van der Waals surface area contributed by atoms with Crippen LogP contribution in [0, 0.1) is 0 Å². The Morgan fingerprint density at radius 3 is 2.28 bits per heavy atom. The minimum Gasteiger partial charge on any atom is -0.350 e. The van der Waals surface area contributed by atoms with E-state index in [1.165, 1.54) is 24.1 Å². The lowest BCUT2D eigenvalue weighted by molar-refractivity contribution is 0.0175. The number of rotatable bonds is 6. The van der Waals surface area contributed by atoms with Gasteiger partial charge in [-0.2, -0.15) is 0 Å². The van der Waals surface area contributed by atoms with Gasteiger partial charge in [0.25, 0.3) is 11.8 Å². The summed E-state index contributed by atoms with van der Waals surface area (Å²) in [6, 6.07) is 15.9. The summed E-state index contributed by atoms with van der Waals surface area (Å²) in [6.45, 7) is 4.73. The summed E-state index contributed by atoms with van der Waals surface area (Å²) >= 11 is 1.47. The summed E-state index contributed by atoms with van der Waals surface area (Å²) in [5.41, 5.74) is 3.23. The molecule has 1 amide bonds. The molecule has 0 atom stereocenters. The molecule has 6 heteroatoms. The molecule has 152 valence electrons. The van der Waals surface area contributed by atoms with Crippen LogP contribution in [-0.2, 0) is 5.92 Å². The van der Waals surface area contributed by atoms with E-state index in [9.17, 15) is 13.6 Å². The van der Waals surface area contributed by atoms with E-state index in [-0.39, 0.29) is 17.5 Å². The Balaban J connectivity index is 2.11. The van der Waals surface area contributed by atoms with Gasteiger partial charge in [0.05, 0.1) is 5.69 Å². The van der Waals surface area contributed by atoms with E-state index in [2.05, 4.69) is 10.0 Å². The molecule has 29 heavy (non-hydrogen) atoms. The predicted molar refractivity (Wildman–Crippen MR) is 119 cm³/mol. The molecule has 0 aromatic heterocycles. The molecule has 0 aliphatic heterocycles. The van der Waals surface area contributed by atoms with Crippen LogP contribution in [0.3, 0.4) is 0 Å². The average molecular weight is 415 g/mol. The second-order valence-corrected chi connectivity index (χ2v) is 7.93. The van der Waals surface area contributed by atoms with Gasteiger partial charge >= 0.3 is 0 Å². The second-order valence-electron chi connectivity index (χ2n) is 7.32. The number of halogens is 2. The number of carbonyl (C=O) groups excluding carboxylic acids is 1. The standard InChI is InChI=1S/C23H24F2N2OS/c1-14(2)26-22(28)16-7-10-19-18(11-12-21(27-29-4)20(19)13-16)15-5-8-17(9-6-15)23(3,24)25/h5-14,27H,1-4H3,(H,26,28). The topological polar surface area (TPSA) is 41.1 Å². The quantitative estimate of drug-likeness (QED) is 0.456. The zero-order chi connectivity index (χ0) is 21.2. The number of alkyl halides is 2. The molecule has 3 rings (SSSR count). The highest BCUT2D eigenvalue weighted by Crippen LogP contribution is 2.36. The summed E-state index contributed by atoms with van der Waals surface area (Å²) in [5.74, 6) is -3.00. The first kappa shape index (κ1) is 21.1. The molecular formula is C23H24F2N2OS. The lowest BCUT2D eigenvalue weighted by atomic mass is 9.94. The molecule has 0 bridgehead atoms. The van der Waals surface area contributed by atoms with Gasteiger partial charge in [-0.25, -0.2) is 8.78 Å². The minimum atomic E-state index is -2.87. The highest BCUT2D eigenvalue weighted by Gasteiger charge is 2.24. The first-order valence-corrected chi connectivity index (χ1v) is 10.6. The summed E-state index contributed by atoms with van der Waals surface area (Å²) in [5, 5.41) is 4.75. The number of anilines is 1. The molecule has 2 N–H and O–H groups in total. The molecular weight excluding hydrogens is 390 g/mol. The van der Waals surface area contributed by atoms with Crippen LogP contribution in [0.5, 0.6) is 0 Å². The van der Waals surface area contributed by atoms with Gasteiger partial charge < -0.3 is 10.0 Å². The van der Waals surface area contributed by atoms with Gasteiger partial charge in [-0.15, -0.1) is 0 Å². The van der Waals surface area contributed by atoms with Crippen molar-refractivity contribution in [3.8, 4) is 11.1 Å². The van der Waals surface area contributed by atoms with Gasteiger partial charge in [0.2, 0.25) is 0 Å². The number of carbonyl (C=O) groups is 1. The third kappa shape index (κ3) is 4.70. The Morgan fingerprint density at radius 1 is 1.00 bits per heavy atom. The average Bonchev–Trinajstić information content (AvgIpc) is 2.67. The fourth-order valence-corrected chi connectivity index (χ4v) is 3.63. The smallest absolute Gasteiger partial charge is 0.270 e. The van der Waals surface area contributed by atoms with E-state index >= 15 is 0 Å². The first-order chi connectivity index (χ1) is 13.7. The van der Waals surface area contributed by atoms with Crippen molar-refractivity contribution in [1.29, 1.82) is 0 Å². The van der Waals surface area contributed by atoms with Crippen LogP contribution in [0.25, 0.3) is 21.9 Å². The van der Waals surface area contributed by atoms with Gasteiger partial charge in [0, 0.05) is 35.7 Å². The van der Waals surface area contributed by atoms with Crippen LogP contribution >= 0.6 is 11.9 Å². The Kier molecular flexibility index (Phi) is 6.13. The number of amides is 1. The number of fused-ring (bicyclic) bond motifs is 1. The Morgan fingerprint density at radius 2 is 1.69 bits per heavy atom. The van der Waals surface area contributed by atoms with Crippen LogP contribution in [0.4, 0.5) is 14.5 Å². The molecule has 0 saturated carbocycles. The molecule has 3 aromatic rings.